The molecule has 0 bridgehead atoms. The standard InChI is InChI=1S/C23H23N3O4/c1-15-12-18(16(2)25(15)13-17-8-5-4-6-9-17)19(27)14-26-21(28)23(3,24-22(26)29)20-10-7-11-30-20/h4-12H,13-14H2,1-3H3,(H,24,29). The molecule has 0 aliphatic carbocycles. The van der Waals surface area contributed by atoms with Crippen LogP contribution in [-0.2, 0) is 16.9 Å². The zero-order valence-electron chi connectivity index (χ0n) is 17.1. The highest BCUT2D eigenvalue weighted by molar-refractivity contribution is 6.11. The highest BCUT2D eigenvalue weighted by Gasteiger charge is 2.51. The van der Waals surface area contributed by atoms with Gasteiger partial charge in [-0.1, -0.05) is 30.3 Å². The number of Topliss-reactive ketones (excluding diaryl/α,β-unsaturated/α-hetero) is 1. The molecule has 4 rings (SSSR count). The van der Waals surface area contributed by atoms with Gasteiger partial charge >= 0.3 is 6.03 Å². The van der Waals surface area contributed by atoms with Gasteiger partial charge in [0.25, 0.3) is 5.91 Å². The minimum atomic E-state index is -1.31. The second-order valence-corrected chi connectivity index (χ2v) is 7.70. The number of aromatic nitrogens is 1. The van der Waals surface area contributed by atoms with Gasteiger partial charge in [0.1, 0.15) is 5.76 Å². The summed E-state index contributed by atoms with van der Waals surface area (Å²) >= 11 is 0. The second-order valence-electron chi connectivity index (χ2n) is 7.70. The van der Waals surface area contributed by atoms with E-state index in [2.05, 4.69) is 9.88 Å². The minimum absolute atomic E-state index is 0.283. The van der Waals surface area contributed by atoms with Crippen LogP contribution in [0.25, 0.3) is 0 Å². The third-order valence-corrected chi connectivity index (χ3v) is 5.65. The van der Waals surface area contributed by atoms with Crippen LogP contribution in [0.1, 0.15) is 40.0 Å². The van der Waals surface area contributed by atoms with E-state index in [9.17, 15) is 14.4 Å². The molecule has 1 aromatic carbocycles. The number of hydrogen-bond donors (Lipinski definition) is 1. The zero-order valence-corrected chi connectivity index (χ0v) is 17.1. The van der Waals surface area contributed by atoms with Crippen molar-refractivity contribution in [2.75, 3.05) is 6.54 Å². The summed E-state index contributed by atoms with van der Waals surface area (Å²) in [5.41, 5.74) is 2.07. The minimum Gasteiger partial charge on any atom is -0.466 e. The van der Waals surface area contributed by atoms with E-state index in [1.807, 2.05) is 50.2 Å². The van der Waals surface area contributed by atoms with E-state index in [0.29, 0.717) is 17.9 Å². The maximum absolute atomic E-state index is 13.0. The van der Waals surface area contributed by atoms with Crippen molar-refractivity contribution in [3.8, 4) is 0 Å². The summed E-state index contributed by atoms with van der Waals surface area (Å²) in [5, 5.41) is 2.64. The van der Waals surface area contributed by atoms with Crippen LogP contribution in [0.4, 0.5) is 4.79 Å². The molecule has 1 N–H and O–H groups in total. The molecule has 3 heterocycles. The Bertz CT molecular complexity index is 1120. The molecule has 1 atom stereocenters. The molecular weight excluding hydrogens is 382 g/mol. The molecule has 30 heavy (non-hydrogen) atoms. The Labute approximate surface area is 174 Å². The second kappa shape index (κ2) is 7.33. The van der Waals surface area contributed by atoms with E-state index >= 15 is 0 Å². The fourth-order valence-electron chi connectivity index (χ4n) is 3.89. The molecule has 3 aromatic rings. The summed E-state index contributed by atoms with van der Waals surface area (Å²) in [7, 11) is 0. The Morgan fingerprint density at radius 2 is 1.83 bits per heavy atom. The maximum atomic E-state index is 13.0. The lowest BCUT2D eigenvalue weighted by molar-refractivity contribution is -0.131. The van der Waals surface area contributed by atoms with Crippen molar-refractivity contribution in [1.82, 2.24) is 14.8 Å². The van der Waals surface area contributed by atoms with Crippen molar-refractivity contribution in [2.24, 2.45) is 0 Å². The summed E-state index contributed by atoms with van der Waals surface area (Å²) in [5.74, 6) is -0.458. The van der Waals surface area contributed by atoms with E-state index in [4.69, 9.17) is 4.42 Å². The molecule has 2 aromatic heterocycles. The molecule has 0 spiro atoms. The Hall–Kier alpha value is -3.61. The van der Waals surface area contributed by atoms with Crippen LogP contribution in [0, 0.1) is 13.8 Å². The van der Waals surface area contributed by atoms with Gasteiger partial charge in [0.05, 0.1) is 12.8 Å². The van der Waals surface area contributed by atoms with Crippen molar-refractivity contribution in [2.45, 2.75) is 32.9 Å². The molecule has 1 saturated heterocycles. The first kappa shape index (κ1) is 19.7. The number of nitrogens with one attached hydrogen (secondary N) is 1. The molecule has 154 valence electrons. The van der Waals surface area contributed by atoms with Gasteiger partial charge in [0.15, 0.2) is 11.3 Å². The van der Waals surface area contributed by atoms with Crippen molar-refractivity contribution < 1.29 is 18.8 Å². The predicted molar refractivity (Wildman–Crippen MR) is 110 cm³/mol. The SMILES string of the molecule is Cc1cc(C(=O)CN2C(=O)NC(C)(c3ccco3)C2=O)c(C)n1Cc1ccccc1. The monoisotopic (exact) mass is 405 g/mol. The lowest BCUT2D eigenvalue weighted by Crippen LogP contribution is -2.41. The number of urea groups is 1. The number of rotatable bonds is 6. The van der Waals surface area contributed by atoms with Gasteiger partial charge < -0.3 is 14.3 Å². The third-order valence-electron chi connectivity index (χ3n) is 5.65. The Kier molecular flexibility index (Phi) is 4.81. The predicted octanol–water partition coefficient (Wildman–Crippen LogP) is 3.40. The number of imide groups is 1. The number of carbonyl (C=O) groups is 3. The molecule has 1 fully saturated rings. The summed E-state index contributed by atoms with van der Waals surface area (Å²) in [6.07, 6.45) is 1.44. The number of benzene rings is 1. The molecule has 7 heteroatoms. The average molecular weight is 405 g/mol. The molecular formula is C23H23N3O4. The molecule has 0 saturated carbocycles. The maximum Gasteiger partial charge on any atom is 0.325 e. The zero-order chi connectivity index (χ0) is 21.5. The third kappa shape index (κ3) is 3.22. The number of ketones is 1. The van der Waals surface area contributed by atoms with Crippen molar-refractivity contribution in [3.05, 3.63) is 83.1 Å². The molecule has 0 radical (unpaired) electrons. The molecule has 1 aliphatic heterocycles. The number of aryl methyl sites for hydroxylation is 1. The van der Waals surface area contributed by atoms with Crippen LogP contribution >= 0.6 is 0 Å². The highest BCUT2D eigenvalue weighted by Crippen LogP contribution is 2.29. The van der Waals surface area contributed by atoms with Gasteiger partial charge in [-0.25, -0.2) is 4.79 Å². The van der Waals surface area contributed by atoms with E-state index < -0.39 is 17.5 Å². The Morgan fingerprint density at radius 3 is 2.50 bits per heavy atom. The fourth-order valence-corrected chi connectivity index (χ4v) is 3.89. The van der Waals surface area contributed by atoms with Crippen LogP contribution in [0.15, 0.2) is 59.2 Å². The average Bonchev–Trinajstić information content (AvgIpc) is 3.41. The smallest absolute Gasteiger partial charge is 0.325 e. The quantitative estimate of drug-likeness (QED) is 0.503. The van der Waals surface area contributed by atoms with Crippen molar-refractivity contribution in [1.29, 1.82) is 0 Å². The number of nitrogens with zero attached hydrogens (tertiary/aromatic N) is 2. The van der Waals surface area contributed by atoms with Gasteiger partial charge in [0.2, 0.25) is 0 Å². The summed E-state index contributed by atoms with van der Waals surface area (Å²) in [6.45, 7) is 5.71. The lowest BCUT2D eigenvalue weighted by Gasteiger charge is -2.18. The van der Waals surface area contributed by atoms with Gasteiger partial charge in [0, 0.05) is 23.5 Å². The summed E-state index contributed by atoms with van der Waals surface area (Å²) < 4.78 is 7.38. The van der Waals surface area contributed by atoms with E-state index in [0.717, 1.165) is 21.9 Å². The first-order chi connectivity index (χ1) is 14.3. The van der Waals surface area contributed by atoms with E-state index in [1.165, 1.54) is 6.26 Å². The van der Waals surface area contributed by atoms with Crippen LogP contribution < -0.4 is 5.32 Å². The topological polar surface area (TPSA) is 84.6 Å². The largest absolute Gasteiger partial charge is 0.466 e. The number of hydrogen-bond acceptors (Lipinski definition) is 4. The molecule has 1 unspecified atom stereocenters. The van der Waals surface area contributed by atoms with Gasteiger partial charge in [-0.3, -0.25) is 14.5 Å². The van der Waals surface area contributed by atoms with Gasteiger partial charge in [-0.05, 0) is 44.5 Å². The number of furan rings is 1. The van der Waals surface area contributed by atoms with Crippen LogP contribution in [0.2, 0.25) is 0 Å². The Morgan fingerprint density at radius 1 is 1.10 bits per heavy atom. The molecule has 7 nitrogen and oxygen atoms in total. The normalized spacial score (nSPS) is 18.7. The first-order valence-electron chi connectivity index (χ1n) is 9.73. The van der Waals surface area contributed by atoms with E-state index in [-0.39, 0.29) is 12.3 Å². The fraction of sp³-hybridized carbons (Fsp3) is 0.261. The molecule has 1 aliphatic rings. The lowest BCUT2D eigenvalue weighted by atomic mass is 9.99. The highest BCUT2D eigenvalue weighted by atomic mass is 16.3. The van der Waals surface area contributed by atoms with Crippen LogP contribution in [0.5, 0.6) is 0 Å². The number of amides is 3. The Balaban J connectivity index is 1.55. The van der Waals surface area contributed by atoms with Crippen LogP contribution in [-0.4, -0.2) is 33.7 Å². The number of carbonyl (C=O) groups excluding carboxylic acids is 3. The van der Waals surface area contributed by atoms with Gasteiger partial charge in [-0.2, -0.15) is 0 Å². The van der Waals surface area contributed by atoms with Gasteiger partial charge in [-0.15, -0.1) is 0 Å². The van der Waals surface area contributed by atoms with Crippen LogP contribution in [0.3, 0.4) is 0 Å². The van der Waals surface area contributed by atoms with Crippen molar-refractivity contribution >= 4 is 17.7 Å². The summed E-state index contributed by atoms with van der Waals surface area (Å²) in [4.78, 5) is 39.4. The van der Waals surface area contributed by atoms with Crippen molar-refractivity contribution in [3.63, 3.8) is 0 Å². The first-order valence-corrected chi connectivity index (χ1v) is 9.73. The van der Waals surface area contributed by atoms with E-state index in [1.54, 1.807) is 19.1 Å². The molecule has 3 amide bonds. The summed E-state index contributed by atoms with van der Waals surface area (Å²) in [6, 6.07) is 14.5.